The Morgan fingerprint density at radius 3 is 2.86 bits per heavy atom. The molecule has 0 radical (unpaired) electrons. The van der Waals surface area contributed by atoms with E-state index in [2.05, 4.69) is 32.4 Å². The highest BCUT2D eigenvalue weighted by Gasteiger charge is 2.46. The van der Waals surface area contributed by atoms with Crippen molar-refractivity contribution >= 4 is 29.0 Å². The minimum atomic E-state index is -0.401. The fraction of sp³-hybridized carbons (Fsp3) is 0.577. The Bertz CT molecular complexity index is 1030. The molecule has 1 aliphatic heterocycles. The number of nitrogens with zero attached hydrogens (tertiary/aromatic N) is 4. The summed E-state index contributed by atoms with van der Waals surface area (Å²) in [6, 6.07) is 6.91. The maximum absolute atomic E-state index is 13.3. The standard InChI is InChI=1S/C26H38N6O4/c1-19-5-3-4-12-27-25-28-13-8-23(30-25)29-24(34)21-7-6-20(32(35)15-16-36-18-33)17-22(21)31(2)14-11-26(19)9-10-26/h6-8,13,17,19,33,35H,3-5,9-12,14-16,18H2,1-2H3,(H2,27,28,29,30,34). The lowest BCUT2D eigenvalue weighted by Gasteiger charge is -2.29. The van der Waals surface area contributed by atoms with Crippen LogP contribution in [0.3, 0.4) is 0 Å². The summed E-state index contributed by atoms with van der Waals surface area (Å²) >= 11 is 0. The molecule has 1 unspecified atom stereocenters. The van der Waals surface area contributed by atoms with Crippen molar-refractivity contribution in [2.75, 3.05) is 60.7 Å². The Labute approximate surface area is 212 Å². The first-order chi connectivity index (χ1) is 17.4. The van der Waals surface area contributed by atoms with Gasteiger partial charge in [-0.1, -0.05) is 19.8 Å². The number of benzene rings is 1. The predicted octanol–water partition coefficient (Wildman–Crippen LogP) is 3.73. The van der Waals surface area contributed by atoms with E-state index in [0.29, 0.717) is 34.3 Å². The van der Waals surface area contributed by atoms with Crippen LogP contribution in [-0.2, 0) is 4.74 Å². The summed E-state index contributed by atoms with van der Waals surface area (Å²) in [6.07, 6.45) is 8.60. The third-order valence-electron chi connectivity index (χ3n) is 7.60. The first kappa shape index (κ1) is 26.1. The molecule has 1 atom stereocenters. The predicted molar refractivity (Wildman–Crippen MR) is 140 cm³/mol. The quantitative estimate of drug-likeness (QED) is 0.277. The molecule has 1 saturated carbocycles. The van der Waals surface area contributed by atoms with Crippen molar-refractivity contribution in [1.29, 1.82) is 0 Å². The number of nitrogens with one attached hydrogen (secondary N) is 2. The number of hydrogen-bond acceptors (Lipinski definition) is 9. The van der Waals surface area contributed by atoms with Crippen LogP contribution in [0.15, 0.2) is 30.5 Å². The molecule has 4 rings (SSSR count). The fourth-order valence-corrected chi connectivity index (χ4v) is 4.97. The van der Waals surface area contributed by atoms with E-state index in [1.165, 1.54) is 19.3 Å². The maximum atomic E-state index is 13.3. The van der Waals surface area contributed by atoms with Gasteiger partial charge in [0, 0.05) is 26.3 Å². The molecule has 4 N–H and O–H groups in total. The molecule has 1 aliphatic carbocycles. The molecule has 1 aromatic heterocycles. The SMILES string of the molecule is CC1CCCCNc2nccc(n2)NC(=O)c2ccc(N(O)CCOCO)cc2N(C)CCC12CC2. The van der Waals surface area contributed by atoms with Gasteiger partial charge in [-0.05, 0) is 61.3 Å². The lowest BCUT2D eigenvalue weighted by molar-refractivity contribution is -0.00271. The monoisotopic (exact) mass is 498 g/mol. The second kappa shape index (κ2) is 11.9. The molecule has 196 valence electrons. The van der Waals surface area contributed by atoms with Gasteiger partial charge in [0.1, 0.15) is 12.6 Å². The molecule has 2 bridgehead atoms. The summed E-state index contributed by atoms with van der Waals surface area (Å²) in [4.78, 5) is 24.2. The highest BCUT2D eigenvalue weighted by atomic mass is 16.6. The van der Waals surface area contributed by atoms with Crippen LogP contribution in [0.25, 0.3) is 0 Å². The van der Waals surface area contributed by atoms with E-state index in [1.807, 2.05) is 13.1 Å². The largest absolute Gasteiger partial charge is 0.374 e. The highest BCUT2D eigenvalue weighted by molar-refractivity contribution is 6.08. The van der Waals surface area contributed by atoms with Crippen molar-refractivity contribution in [3.63, 3.8) is 0 Å². The smallest absolute Gasteiger partial charge is 0.258 e. The number of aliphatic hydroxyl groups is 1. The highest BCUT2D eigenvalue weighted by Crippen LogP contribution is 2.56. The number of hydrogen-bond donors (Lipinski definition) is 4. The minimum absolute atomic E-state index is 0.172. The average molecular weight is 499 g/mol. The topological polar surface area (TPSA) is 123 Å². The van der Waals surface area contributed by atoms with Crippen molar-refractivity contribution in [3.05, 3.63) is 36.0 Å². The summed E-state index contributed by atoms with van der Waals surface area (Å²) in [7, 11) is 1.99. The zero-order chi connectivity index (χ0) is 25.5. The van der Waals surface area contributed by atoms with E-state index >= 15 is 0 Å². The molecular formula is C26H38N6O4. The number of carbonyl (C=O) groups excluding carboxylic acids is 1. The molecule has 10 nitrogen and oxygen atoms in total. The van der Waals surface area contributed by atoms with Crippen molar-refractivity contribution in [3.8, 4) is 0 Å². The first-order valence-electron chi connectivity index (χ1n) is 12.8. The average Bonchev–Trinajstić information content (AvgIpc) is 3.67. The first-order valence-corrected chi connectivity index (χ1v) is 12.8. The molecule has 10 heteroatoms. The summed E-state index contributed by atoms with van der Waals surface area (Å²) < 4.78 is 4.94. The third kappa shape index (κ3) is 6.43. The normalized spacial score (nSPS) is 20.2. The van der Waals surface area contributed by atoms with Crippen molar-refractivity contribution < 1.29 is 19.8 Å². The van der Waals surface area contributed by atoms with Crippen LogP contribution in [0.5, 0.6) is 0 Å². The molecule has 36 heavy (non-hydrogen) atoms. The van der Waals surface area contributed by atoms with Crippen molar-refractivity contribution in [2.24, 2.45) is 11.3 Å². The number of hydroxylamine groups is 1. The van der Waals surface area contributed by atoms with Gasteiger partial charge in [-0.25, -0.2) is 4.98 Å². The van der Waals surface area contributed by atoms with E-state index in [9.17, 15) is 10.0 Å². The van der Waals surface area contributed by atoms with Crippen molar-refractivity contribution in [2.45, 2.75) is 45.4 Å². The van der Waals surface area contributed by atoms with Gasteiger partial charge in [0.25, 0.3) is 5.91 Å². The molecule has 1 amide bonds. The van der Waals surface area contributed by atoms with Gasteiger partial charge >= 0.3 is 0 Å². The van der Waals surface area contributed by atoms with Gasteiger partial charge in [-0.15, -0.1) is 0 Å². The number of aromatic nitrogens is 2. The second-order valence-corrected chi connectivity index (χ2v) is 9.94. The molecule has 2 aliphatic rings. The van der Waals surface area contributed by atoms with Crippen LogP contribution in [0.2, 0.25) is 0 Å². The van der Waals surface area contributed by atoms with Crippen LogP contribution in [0, 0.1) is 11.3 Å². The van der Waals surface area contributed by atoms with E-state index in [-0.39, 0.29) is 19.1 Å². The second-order valence-electron chi connectivity index (χ2n) is 9.94. The number of rotatable bonds is 5. The van der Waals surface area contributed by atoms with Gasteiger partial charge in [-0.2, -0.15) is 4.98 Å². The maximum Gasteiger partial charge on any atom is 0.258 e. The van der Waals surface area contributed by atoms with E-state index in [0.717, 1.165) is 43.1 Å². The van der Waals surface area contributed by atoms with E-state index in [1.54, 1.807) is 24.4 Å². The Morgan fingerprint density at radius 2 is 2.08 bits per heavy atom. The minimum Gasteiger partial charge on any atom is -0.374 e. The van der Waals surface area contributed by atoms with Crippen molar-refractivity contribution in [1.82, 2.24) is 9.97 Å². The Hall–Kier alpha value is -2.95. The zero-order valence-corrected chi connectivity index (χ0v) is 21.2. The lowest BCUT2D eigenvalue weighted by atomic mass is 9.83. The van der Waals surface area contributed by atoms with Gasteiger partial charge in [0.15, 0.2) is 0 Å². The van der Waals surface area contributed by atoms with Crippen LogP contribution in [0.4, 0.5) is 23.1 Å². The molecular weight excluding hydrogens is 460 g/mol. The molecule has 1 aromatic carbocycles. The van der Waals surface area contributed by atoms with Gasteiger partial charge in [0.05, 0.1) is 30.1 Å². The molecule has 2 aromatic rings. The third-order valence-corrected chi connectivity index (χ3v) is 7.60. The lowest BCUT2D eigenvalue weighted by Crippen LogP contribution is -2.28. The number of amides is 1. The number of ether oxygens (including phenoxy) is 1. The number of carbonyl (C=O) groups is 1. The molecule has 2 heterocycles. The number of anilines is 4. The van der Waals surface area contributed by atoms with Gasteiger partial charge < -0.3 is 25.4 Å². The Kier molecular flexibility index (Phi) is 8.60. The number of aliphatic hydroxyl groups excluding tert-OH is 1. The number of fused-ring (bicyclic) bond motifs is 3. The van der Waals surface area contributed by atoms with Gasteiger partial charge in [-0.3, -0.25) is 15.1 Å². The molecule has 1 fully saturated rings. The Morgan fingerprint density at radius 1 is 1.25 bits per heavy atom. The van der Waals surface area contributed by atoms with E-state index in [4.69, 9.17) is 9.84 Å². The summed E-state index contributed by atoms with van der Waals surface area (Å²) in [5.74, 6) is 1.29. The van der Waals surface area contributed by atoms with Crippen LogP contribution in [0.1, 0.15) is 55.8 Å². The summed E-state index contributed by atoms with van der Waals surface area (Å²) in [6.45, 7) is 3.94. The van der Waals surface area contributed by atoms with Crippen LogP contribution >= 0.6 is 0 Å². The van der Waals surface area contributed by atoms with Crippen LogP contribution in [-0.4, -0.2) is 66.3 Å². The summed E-state index contributed by atoms with van der Waals surface area (Å²) in [5.41, 5.74) is 2.14. The Balaban J connectivity index is 1.62. The van der Waals surface area contributed by atoms with Gasteiger partial charge in [0.2, 0.25) is 5.95 Å². The van der Waals surface area contributed by atoms with Crippen LogP contribution < -0.4 is 20.6 Å². The summed E-state index contributed by atoms with van der Waals surface area (Å²) in [5, 5.41) is 26.6. The van der Waals surface area contributed by atoms with E-state index < -0.39 is 6.79 Å². The fourth-order valence-electron chi connectivity index (χ4n) is 4.97. The molecule has 1 spiro atoms. The molecule has 0 saturated heterocycles. The zero-order valence-electron chi connectivity index (χ0n) is 21.2.